The van der Waals surface area contributed by atoms with E-state index in [1.165, 1.54) is 6.07 Å². The first-order valence-electron chi connectivity index (χ1n) is 3.97. The van der Waals surface area contributed by atoms with Crippen LogP contribution in [-0.2, 0) is 6.42 Å². The highest BCUT2D eigenvalue weighted by Crippen LogP contribution is 2.13. The van der Waals surface area contributed by atoms with Crippen molar-refractivity contribution in [2.24, 2.45) is 0 Å². The first-order chi connectivity index (χ1) is 5.74. The van der Waals surface area contributed by atoms with Crippen LogP contribution in [-0.4, -0.2) is 9.81 Å². The fourth-order valence-corrected chi connectivity index (χ4v) is 1.23. The molecule has 0 amide bonds. The normalized spacial score (nSPS) is 12.9. The van der Waals surface area contributed by atoms with E-state index in [1.54, 1.807) is 12.3 Å². The Balaban J connectivity index is 2.69. The van der Waals surface area contributed by atoms with Crippen molar-refractivity contribution in [3.8, 4) is 0 Å². The van der Waals surface area contributed by atoms with Gasteiger partial charge in [-0.05, 0) is 18.6 Å². The summed E-state index contributed by atoms with van der Waals surface area (Å²) in [6, 6.07) is 3.05. The number of hydrogen-bond donors (Lipinski definition) is 0. The third kappa shape index (κ3) is 2.55. The molecule has 1 aromatic rings. The fraction of sp³-hybridized carbons (Fsp3) is 0.444. The van der Waals surface area contributed by atoms with Gasteiger partial charge in [0.15, 0.2) is 0 Å². The lowest BCUT2D eigenvalue weighted by Gasteiger charge is -2.05. The summed E-state index contributed by atoms with van der Waals surface area (Å²) in [5.41, 5.74) is 0.543. The van der Waals surface area contributed by atoms with Crippen molar-refractivity contribution in [2.45, 2.75) is 24.6 Å². The van der Waals surface area contributed by atoms with Crippen LogP contribution in [0, 0.1) is 5.82 Å². The van der Waals surface area contributed by atoms with E-state index in [9.17, 15) is 4.39 Å². The molecule has 0 spiro atoms. The summed E-state index contributed by atoms with van der Waals surface area (Å²) in [5, 5.41) is 0. The molecule has 0 saturated heterocycles. The number of rotatable bonds is 3. The van der Waals surface area contributed by atoms with Gasteiger partial charge >= 0.3 is 0 Å². The first-order valence-corrected chi connectivity index (χ1v) is 4.89. The van der Waals surface area contributed by atoms with Crippen LogP contribution in [0.1, 0.15) is 19.0 Å². The minimum absolute atomic E-state index is 0.213. The first kappa shape index (κ1) is 9.65. The van der Waals surface area contributed by atoms with Crippen LogP contribution in [0.15, 0.2) is 18.3 Å². The molecule has 0 N–H and O–H groups in total. The van der Waals surface area contributed by atoms with Gasteiger partial charge in [0.1, 0.15) is 5.82 Å². The highest BCUT2D eigenvalue weighted by molar-refractivity contribution is 9.09. The second kappa shape index (κ2) is 4.55. The summed E-state index contributed by atoms with van der Waals surface area (Å²) in [6.45, 7) is 2.06. The number of nitrogens with zero attached hydrogens (tertiary/aromatic N) is 1. The molecule has 0 aromatic carbocycles. The van der Waals surface area contributed by atoms with Gasteiger partial charge in [-0.2, -0.15) is 0 Å². The summed E-state index contributed by atoms with van der Waals surface area (Å²) in [4.78, 5) is 4.28. The van der Waals surface area contributed by atoms with Crippen LogP contribution in [0.25, 0.3) is 0 Å². The molecule has 1 atom stereocenters. The molecule has 0 aliphatic heterocycles. The number of halogens is 2. The van der Waals surface area contributed by atoms with Crippen molar-refractivity contribution < 1.29 is 4.39 Å². The second-order valence-corrected chi connectivity index (χ2v) is 3.94. The van der Waals surface area contributed by atoms with E-state index in [4.69, 9.17) is 0 Å². The smallest absolute Gasteiger partial charge is 0.144 e. The molecule has 1 rings (SSSR count). The summed E-state index contributed by atoms with van der Waals surface area (Å²) < 4.78 is 13.0. The van der Waals surface area contributed by atoms with E-state index < -0.39 is 0 Å². The maximum Gasteiger partial charge on any atom is 0.144 e. The molecule has 0 saturated carbocycles. The van der Waals surface area contributed by atoms with Crippen LogP contribution >= 0.6 is 15.9 Å². The van der Waals surface area contributed by atoms with Gasteiger partial charge in [0.05, 0.1) is 5.69 Å². The van der Waals surface area contributed by atoms with Gasteiger partial charge < -0.3 is 0 Å². The summed E-state index contributed by atoms with van der Waals surface area (Å²) in [5.74, 6) is -0.213. The lowest BCUT2D eigenvalue weighted by atomic mass is 10.2. The fourth-order valence-electron chi connectivity index (χ4n) is 0.923. The van der Waals surface area contributed by atoms with E-state index in [0.29, 0.717) is 16.9 Å². The predicted molar refractivity (Wildman–Crippen MR) is 50.9 cm³/mol. The van der Waals surface area contributed by atoms with E-state index in [2.05, 4.69) is 27.8 Å². The Morgan fingerprint density at radius 1 is 1.67 bits per heavy atom. The van der Waals surface area contributed by atoms with Gasteiger partial charge in [-0.15, -0.1) is 0 Å². The zero-order chi connectivity index (χ0) is 8.97. The topological polar surface area (TPSA) is 12.9 Å². The molecular weight excluding hydrogens is 221 g/mol. The average Bonchev–Trinajstić information content (AvgIpc) is 2.09. The number of hydrogen-bond acceptors (Lipinski definition) is 1. The highest BCUT2D eigenvalue weighted by atomic mass is 79.9. The Hall–Kier alpha value is -0.440. The number of pyridine rings is 1. The minimum atomic E-state index is -0.213. The van der Waals surface area contributed by atoms with Crippen LogP contribution in [0.3, 0.4) is 0 Å². The largest absolute Gasteiger partial charge is 0.258 e. The van der Waals surface area contributed by atoms with Gasteiger partial charge in [-0.1, -0.05) is 22.9 Å². The zero-order valence-electron chi connectivity index (χ0n) is 6.93. The Morgan fingerprint density at radius 2 is 2.42 bits per heavy atom. The zero-order valence-corrected chi connectivity index (χ0v) is 8.51. The molecule has 66 valence electrons. The quantitative estimate of drug-likeness (QED) is 0.730. The standard InChI is InChI=1S/C9H11BrFN/c1-2-7(10)6-9-8(11)4-3-5-12-9/h3-5,7H,2,6H2,1H3. The summed E-state index contributed by atoms with van der Waals surface area (Å²) in [7, 11) is 0. The van der Waals surface area contributed by atoms with Crippen molar-refractivity contribution in [2.75, 3.05) is 0 Å². The number of aromatic nitrogens is 1. The Morgan fingerprint density at radius 3 is 3.00 bits per heavy atom. The van der Waals surface area contributed by atoms with Crippen molar-refractivity contribution >= 4 is 15.9 Å². The molecule has 0 bridgehead atoms. The Kier molecular flexibility index (Phi) is 3.66. The lowest BCUT2D eigenvalue weighted by molar-refractivity contribution is 0.594. The van der Waals surface area contributed by atoms with Crippen molar-refractivity contribution in [1.29, 1.82) is 0 Å². The van der Waals surface area contributed by atoms with E-state index >= 15 is 0 Å². The monoisotopic (exact) mass is 231 g/mol. The van der Waals surface area contributed by atoms with Crippen LogP contribution in [0.5, 0.6) is 0 Å². The van der Waals surface area contributed by atoms with E-state index in [0.717, 1.165) is 6.42 Å². The summed E-state index contributed by atoms with van der Waals surface area (Å²) in [6.07, 6.45) is 3.26. The Bertz CT molecular complexity index is 252. The molecule has 3 heteroatoms. The van der Waals surface area contributed by atoms with Crippen molar-refractivity contribution in [1.82, 2.24) is 4.98 Å². The van der Waals surface area contributed by atoms with Crippen molar-refractivity contribution in [3.05, 3.63) is 29.8 Å². The molecular formula is C9H11BrFN. The maximum absolute atomic E-state index is 13.0. The Labute approximate surface area is 80.1 Å². The van der Waals surface area contributed by atoms with Gasteiger partial charge in [0.2, 0.25) is 0 Å². The molecule has 1 heterocycles. The van der Waals surface area contributed by atoms with Gasteiger partial charge in [-0.25, -0.2) is 4.39 Å². The number of alkyl halides is 1. The van der Waals surface area contributed by atoms with Crippen LogP contribution in [0.4, 0.5) is 4.39 Å². The van der Waals surface area contributed by atoms with E-state index in [1.807, 2.05) is 0 Å². The predicted octanol–water partition coefficient (Wildman–Crippen LogP) is 2.94. The van der Waals surface area contributed by atoms with Gasteiger partial charge in [0, 0.05) is 17.4 Å². The van der Waals surface area contributed by atoms with E-state index in [-0.39, 0.29) is 5.82 Å². The summed E-state index contributed by atoms with van der Waals surface area (Å²) >= 11 is 3.44. The highest BCUT2D eigenvalue weighted by Gasteiger charge is 2.07. The molecule has 1 unspecified atom stereocenters. The lowest BCUT2D eigenvalue weighted by Crippen LogP contribution is -2.04. The molecule has 0 aliphatic carbocycles. The molecule has 0 radical (unpaired) electrons. The second-order valence-electron chi connectivity index (χ2n) is 2.64. The van der Waals surface area contributed by atoms with Crippen LogP contribution < -0.4 is 0 Å². The van der Waals surface area contributed by atoms with Gasteiger partial charge in [0.25, 0.3) is 0 Å². The molecule has 0 aliphatic rings. The average molecular weight is 232 g/mol. The maximum atomic E-state index is 13.0. The van der Waals surface area contributed by atoms with Crippen molar-refractivity contribution in [3.63, 3.8) is 0 Å². The molecule has 0 fully saturated rings. The molecule has 12 heavy (non-hydrogen) atoms. The van der Waals surface area contributed by atoms with Gasteiger partial charge in [-0.3, -0.25) is 4.98 Å². The molecule has 1 nitrogen and oxygen atoms in total. The minimum Gasteiger partial charge on any atom is -0.258 e. The molecule has 1 aromatic heterocycles. The van der Waals surface area contributed by atoms with Crippen LogP contribution in [0.2, 0.25) is 0 Å². The third-order valence-corrected chi connectivity index (χ3v) is 2.66. The third-order valence-electron chi connectivity index (χ3n) is 1.69. The SMILES string of the molecule is CCC(Br)Cc1ncccc1F.